The quantitative estimate of drug-likeness (QED) is 0.0379. The molecule has 46 heavy (non-hydrogen) atoms. The molecule has 270 valence electrons. The zero-order valence-corrected chi connectivity index (χ0v) is 29.1. The molecule has 4 N–H and O–H groups in total. The molecule has 9 nitrogen and oxygen atoms in total. The molecule has 0 radical (unpaired) electrons. The third-order valence-corrected chi connectivity index (χ3v) is 8.37. The Bertz CT molecular complexity index is 757. The van der Waals surface area contributed by atoms with E-state index in [-0.39, 0.29) is 19.2 Å². The number of unbranched alkanes of at least 4 members (excludes halogenated alkanes) is 15. The van der Waals surface area contributed by atoms with Crippen molar-refractivity contribution in [2.24, 2.45) is 0 Å². The van der Waals surface area contributed by atoms with Gasteiger partial charge in [0.25, 0.3) is 0 Å². The van der Waals surface area contributed by atoms with Gasteiger partial charge in [0.2, 0.25) is 0 Å². The van der Waals surface area contributed by atoms with Crippen molar-refractivity contribution in [1.82, 2.24) is 0 Å². The minimum atomic E-state index is -1.53. The van der Waals surface area contributed by atoms with Crippen LogP contribution in [0.15, 0.2) is 24.3 Å². The topological polar surface area (TPSA) is 135 Å². The minimum absolute atomic E-state index is 0.116. The van der Waals surface area contributed by atoms with Gasteiger partial charge in [-0.15, -0.1) is 0 Å². The maximum Gasteiger partial charge on any atom is 0.306 e. The van der Waals surface area contributed by atoms with E-state index in [1.807, 2.05) is 0 Å². The Morgan fingerprint density at radius 1 is 0.696 bits per heavy atom. The van der Waals surface area contributed by atoms with Crippen LogP contribution < -0.4 is 0 Å². The molecule has 0 saturated carbocycles. The molecule has 1 aliphatic heterocycles. The summed E-state index contributed by atoms with van der Waals surface area (Å²) < 4.78 is 22.6. The van der Waals surface area contributed by atoms with Crippen molar-refractivity contribution in [3.63, 3.8) is 0 Å². The van der Waals surface area contributed by atoms with Crippen LogP contribution in [0.2, 0.25) is 0 Å². The lowest BCUT2D eigenvalue weighted by Gasteiger charge is -2.39. The van der Waals surface area contributed by atoms with Gasteiger partial charge in [-0.1, -0.05) is 115 Å². The summed E-state index contributed by atoms with van der Waals surface area (Å²) in [6.45, 7) is 4.45. The fourth-order valence-corrected chi connectivity index (χ4v) is 5.40. The number of aliphatic hydroxyl groups excluding tert-OH is 4. The summed E-state index contributed by atoms with van der Waals surface area (Å²) in [6, 6.07) is 0. The molecule has 6 unspecified atom stereocenters. The van der Waals surface area contributed by atoms with E-state index in [0.717, 1.165) is 51.4 Å². The molecular weight excluding hydrogens is 588 g/mol. The van der Waals surface area contributed by atoms with Crippen LogP contribution in [0.1, 0.15) is 142 Å². The van der Waals surface area contributed by atoms with Crippen LogP contribution in [0, 0.1) is 0 Å². The molecule has 1 fully saturated rings. The van der Waals surface area contributed by atoms with E-state index in [1.165, 1.54) is 70.6 Å². The molecule has 1 saturated heterocycles. The maximum absolute atomic E-state index is 12.6. The van der Waals surface area contributed by atoms with Crippen LogP contribution in [-0.4, -0.2) is 89.6 Å². The van der Waals surface area contributed by atoms with Gasteiger partial charge in [0, 0.05) is 13.0 Å². The molecule has 9 heteroatoms. The smallest absolute Gasteiger partial charge is 0.306 e. The second kappa shape index (κ2) is 29.8. The Hall–Kier alpha value is -1.33. The summed E-state index contributed by atoms with van der Waals surface area (Å²) in [6.07, 6.45) is 23.6. The molecule has 0 amide bonds. The Balaban J connectivity index is 2.30. The molecule has 0 aromatic carbocycles. The SMILES string of the molecule is CCCCC/C=C\C/C=C\CCCCCCCCOCC(COC1OC(CO)C(O)C(O)C1O)OC(=O)CCCCCCCCC. The molecule has 0 aliphatic carbocycles. The second-order valence-corrected chi connectivity index (χ2v) is 12.7. The first-order valence-electron chi connectivity index (χ1n) is 18.4. The Labute approximate surface area is 279 Å². The molecule has 6 atom stereocenters. The van der Waals surface area contributed by atoms with Gasteiger partial charge in [0.05, 0.1) is 19.8 Å². The van der Waals surface area contributed by atoms with Crippen molar-refractivity contribution in [2.75, 3.05) is 26.4 Å². The highest BCUT2D eigenvalue weighted by molar-refractivity contribution is 5.69. The van der Waals surface area contributed by atoms with Crippen LogP contribution in [0.5, 0.6) is 0 Å². The van der Waals surface area contributed by atoms with E-state index in [1.54, 1.807) is 0 Å². The lowest BCUT2D eigenvalue weighted by atomic mass is 9.99. The summed E-state index contributed by atoms with van der Waals surface area (Å²) >= 11 is 0. The largest absolute Gasteiger partial charge is 0.457 e. The van der Waals surface area contributed by atoms with E-state index in [4.69, 9.17) is 18.9 Å². The molecule has 1 rings (SSSR count). The van der Waals surface area contributed by atoms with Crippen LogP contribution >= 0.6 is 0 Å². The first kappa shape index (κ1) is 42.7. The van der Waals surface area contributed by atoms with Gasteiger partial charge >= 0.3 is 5.97 Å². The van der Waals surface area contributed by atoms with Crippen molar-refractivity contribution in [2.45, 2.75) is 179 Å². The second-order valence-electron chi connectivity index (χ2n) is 12.7. The van der Waals surface area contributed by atoms with Gasteiger partial charge < -0.3 is 39.4 Å². The highest BCUT2D eigenvalue weighted by atomic mass is 16.7. The third kappa shape index (κ3) is 21.5. The number of rotatable bonds is 30. The van der Waals surface area contributed by atoms with Gasteiger partial charge in [-0.3, -0.25) is 4.79 Å². The number of esters is 1. The summed E-state index contributed by atoms with van der Waals surface area (Å²) in [5.74, 6) is -0.326. The summed E-state index contributed by atoms with van der Waals surface area (Å²) in [7, 11) is 0. The van der Waals surface area contributed by atoms with Gasteiger partial charge in [0.15, 0.2) is 6.29 Å². The van der Waals surface area contributed by atoms with Crippen LogP contribution in [0.3, 0.4) is 0 Å². The Morgan fingerprint density at radius 2 is 1.26 bits per heavy atom. The van der Waals surface area contributed by atoms with Crippen molar-refractivity contribution < 1.29 is 44.2 Å². The maximum atomic E-state index is 12.6. The minimum Gasteiger partial charge on any atom is -0.457 e. The van der Waals surface area contributed by atoms with Gasteiger partial charge in [0.1, 0.15) is 30.5 Å². The number of hydrogen-bond acceptors (Lipinski definition) is 9. The molecule has 0 spiro atoms. The first-order chi connectivity index (χ1) is 22.4. The summed E-state index contributed by atoms with van der Waals surface area (Å²) in [5, 5.41) is 39.8. The zero-order chi connectivity index (χ0) is 33.7. The molecule has 0 aromatic heterocycles. The number of carbonyl (C=O) groups excluding carboxylic acids is 1. The Kier molecular flexibility index (Phi) is 27.6. The molecule has 1 heterocycles. The summed E-state index contributed by atoms with van der Waals surface area (Å²) in [5.41, 5.74) is 0. The lowest BCUT2D eigenvalue weighted by molar-refractivity contribution is -0.305. The van der Waals surface area contributed by atoms with Gasteiger partial charge in [-0.05, 0) is 44.9 Å². The van der Waals surface area contributed by atoms with Crippen molar-refractivity contribution >= 4 is 5.97 Å². The fraction of sp³-hybridized carbons (Fsp3) is 0.865. The summed E-state index contributed by atoms with van der Waals surface area (Å²) in [4.78, 5) is 12.6. The average Bonchev–Trinajstić information content (AvgIpc) is 3.05. The molecule has 0 bridgehead atoms. The standard InChI is InChI=1S/C37H68O9/c1-3-5-7-9-11-12-13-14-15-16-17-18-19-21-23-25-27-43-29-31(45-33(39)26-24-22-20-10-8-6-4-2)30-44-37-36(42)35(41)34(40)32(28-38)46-37/h11-12,14-15,31-32,34-38,40-42H,3-10,13,16-30H2,1-2H3/b12-11-,15-14-. The number of ether oxygens (including phenoxy) is 4. The monoisotopic (exact) mass is 656 g/mol. The van der Waals surface area contributed by atoms with E-state index in [0.29, 0.717) is 13.0 Å². The normalized spacial score (nSPS) is 22.6. The van der Waals surface area contributed by atoms with Crippen molar-refractivity contribution in [3.8, 4) is 0 Å². The highest BCUT2D eigenvalue weighted by Crippen LogP contribution is 2.22. The predicted molar refractivity (Wildman–Crippen MR) is 182 cm³/mol. The van der Waals surface area contributed by atoms with Crippen molar-refractivity contribution in [1.29, 1.82) is 0 Å². The Morgan fingerprint density at radius 3 is 1.91 bits per heavy atom. The molecular formula is C37H68O9. The van der Waals surface area contributed by atoms with E-state index in [2.05, 4.69) is 38.2 Å². The van der Waals surface area contributed by atoms with Crippen LogP contribution in [0.4, 0.5) is 0 Å². The third-order valence-electron chi connectivity index (χ3n) is 8.37. The zero-order valence-electron chi connectivity index (χ0n) is 29.1. The number of aliphatic hydroxyl groups is 4. The van der Waals surface area contributed by atoms with Gasteiger partial charge in [-0.25, -0.2) is 0 Å². The van der Waals surface area contributed by atoms with Crippen LogP contribution in [0.25, 0.3) is 0 Å². The van der Waals surface area contributed by atoms with E-state index >= 15 is 0 Å². The van der Waals surface area contributed by atoms with Crippen molar-refractivity contribution in [3.05, 3.63) is 24.3 Å². The molecule has 0 aromatic rings. The fourth-order valence-electron chi connectivity index (χ4n) is 5.40. The predicted octanol–water partition coefficient (Wildman–Crippen LogP) is 6.69. The number of allylic oxidation sites excluding steroid dienone is 4. The van der Waals surface area contributed by atoms with Crippen LogP contribution in [-0.2, 0) is 23.7 Å². The van der Waals surface area contributed by atoms with E-state index < -0.39 is 43.4 Å². The lowest BCUT2D eigenvalue weighted by Crippen LogP contribution is -2.59. The van der Waals surface area contributed by atoms with Gasteiger partial charge in [-0.2, -0.15) is 0 Å². The number of carbonyl (C=O) groups is 1. The first-order valence-corrected chi connectivity index (χ1v) is 18.4. The highest BCUT2D eigenvalue weighted by Gasteiger charge is 2.44. The van der Waals surface area contributed by atoms with E-state index in [9.17, 15) is 25.2 Å². The molecule has 1 aliphatic rings. The average molecular weight is 657 g/mol. The number of hydrogen-bond donors (Lipinski definition) is 4.